The molecule has 0 radical (unpaired) electrons. The molecule has 0 aromatic heterocycles. The van der Waals surface area contributed by atoms with Crippen molar-refractivity contribution in [3.05, 3.63) is 24.8 Å². The molecule has 0 saturated carbocycles. The molecule has 0 aromatic carbocycles. The third-order valence-electron chi connectivity index (χ3n) is 0.368. The summed E-state index contributed by atoms with van der Waals surface area (Å²) in [4.78, 5) is 1.11. The molecule has 0 rings (SSSR count). The number of hydrogen-bond donors (Lipinski definition) is 0. The quantitative estimate of drug-likeness (QED) is 0.429. The van der Waals surface area contributed by atoms with Gasteiger partial charge in [-0.15, -0.1) is 0 Å². The van der Waals surface area contributed by atoms with E-state index < -0.39 is 0 Å². The monoisotopic (exact) mass is 165 g/mol. The fourth-order valence-corrected chi connectivity index (χ4v) is 0.425. The topological polar surface area (TPSA) is 0 Å². The van der Waals surface area contributed by atoms with Crippen molar-refractivity contribution in [2.75, 3.05) is 0 Å². The molecule has 0 saturated heterocycles. The summed E-state index contributed by atoms with van der Waals surface area (Å²) in [6.45, 7) is 3.51. The van der Waals surface area contributed by atoms with E-state index >= 15 is 0 Å². The summed E-state index contributed by atoms with van der Waals surface area (Å²) in [5.74, 6) is 0. The molecule has 0 amide bonds. The summed E-state index contributed by atoms with van der Waals surface area (Å²) in [7, 11) is 0. The molecule has 1 heteroatoms. The molecule has 0 nitrogen and oxygen atoms in total. The van der Waals surface area contributed by atoms with E-state index in [1.807, 2.05) is 25.9 Å². The molecule has 0 spiro atoms. The van der Waals surface area contributed by atoms with Crippen LogP contribution >= 0.6 is 0 Å². The summed E-state index contributed by atoms with van der Waals surface area (Å²) < 4.78 is 0. The Morgan fingerprint density at radius 3 is 2.50 bits per heavy atom. The Hall–Kier alpha value is 0.168. The van der Waals surface area contributed by atoms with Gasteiger partial charge in [-0.3, -0.25) is 0 Å². The zero-order valence-corrected chi connectivity index (χ0v) is 5.56. The van der Waals surface area contributed by atoms with Gasteiger partial charge in [0, 0.05) is 0 Å². The summed E-state index contributed by atoms with van der Waals surface area (Å²) in [6.07, 6.45) is 5.80. The number of allylic oxidation sites excluding steroid dienone is 3. The summed E-state index contributed by atoms with van der Waals surface area (Å²) in [5, 5.41) is 0. The molecule has 0 fully saturated rings. The third-order valence-corrected chi connectivity index (χ3v) is 0.841. The first-order valence-electron chi connectivity index (χ1n) is 1.77. The fraction of sp³-hybridized carbons (Fsp3) is 0.200. The average molecular weight is 163 g/mol. The van der Waals surface area contributed by atoms with Crippen molar-refractivity contribution in [1.29, 1.82) is 0 Å². The Balaban J connectivity index is 2.94. The van der Waals surface area contributed by atoms with E-state index in [0.717, 1.165) is 4.81 Å². The summed E-state index contributed by atoms with van der Waals surface area (Å²) in [6, 6.07) is 0. The summed E-state index contributed by atoms with van der Waals surface area (Å²) >= 11 is 2.04. The van der Waals surface area contributed by atoms with Crippen molar-refractivity contribution in [3.8, 4) is 0 Å². The van der Waals surface area contributed by atoms with Crippen LogP contribution < -0.4 is 0 Å². The zero-order chi connectivity index (χ0) is 4.83. The van der Waals surface area contributed by atoms with Crippen molar-refractivity contribution in [1.82, 2.24) is 0 Å². The average Bonchev–Trinajstić information content (AvgIpc) is 1.61. The van der Waals surface area contributed by atoms with Gasteiger partial charge in [-0.05, 0) is 0 Å². The molecule has 0 bridgehead atoms. The Kier molecular flexibility index (Phi) is 5.31. The van der Waals surface area contributed by atoms with Gasteiger partial charge in [0.25, 0.3) is 0 Å². The minimum absolute atomic E-state index is 1.11. The van der Waals surface area contributed by atoms with Crippen LogP contribution in [0.2, 0.25) is 4.81 Å². The van der Waals surface area contributed by atoms with Crippen molar-refractivity contribution >= 4 is 0 Å². The number of hydrogen-bond acceptors (Lipinski definition) is 0. The maximum atomic E-state index is 3.51. The summed E-state index contributed by atoms with van der Waals surface area (Å²) in [5.41, 5.74) is 0. The van der Waals surface area contributed by atoms with E-state index in [1.54, 1.807) is 6.08 Å². The molecule has 0 aromatic rings. The molecule has 0 aliphatic rings. The maximum absolute atomic E-state index is 3.51. The molecular formula is C5H7Mo. The van der Waals surface area contributed by atoms with Gasteiger partial charge >= 0.3 is 49.4 Å². The van der Waals surface area contributed by atoms with E-state index in [2.05, 4.69) is 12.7 Å². The van der Waals surface area contributed by atoms with Crippen molar-refractivity contribution < 1.29 is 19.8 Å². The normalized spacial score (nSPS) is 9.33. The second kappa shape index (κ2) is 5.17. The van der Waals surface area contributed by atoms with Crippen LogP contribution in [-0.4, -0.2) is 0 Å². The molecule has 0 aliphatic heterocycles. The van der Waals surface area contributed by atoms with Gasteiger partial charge in [0.15, 0.2) is 0 Å². The van der Waals surface area contributed by atoms with E-state index in [-0.39, 0.29) is 0 Å². The van der Waals surface area contributed by atoms with Crippen molar-refractivity contribution in [3.63, 3.8) is 0 Å². The van der Waals surface area contributed by atoms with Crippen LogP contribution in [0.4, 0.5) is 0 Å². The Labute approximate surface area is 49.8 Å². The predicted octanol–water partition coefficient (Wildman–Crippen LogP) is 1.69. The van der Waals surface area contributed by atoms with Gasteiger partial charge in [0.1, 0.15) is 0 Å². The molecule has 0 aliphatic carbocycles. The van der Waals surface area contributed by atoms with Gasteiger partial charge in [-0.25, -0.2) is 0 Å². The third kappa shape index (κ3) is 4.17. The van der Waals surface area contributed by atoms with Crippen molar-refractivity contribution in [2.24, 2.45) is 0 Å². The van der Waals surface area contributed by atoms with E-state index in [4.69, 9.17) is 0 Å². The van der Waals surface area contributed by atoms with Crippen LogP contribution in [-0.2, 0) is 19.8 Å². The number of rotatable bonds is 2. The van der Waals surface area contributed by atoms with Gasteiger partial charge in [-0.1, -0.05) is 0 Å². The molecule has 0 N–H and O–H groups in total. The molecular weight excluding hydrogens is 156 g/mol. The molecule has 0 heterocycles. The second-order valence-electron chi connectivity index (χ2n) is 0.831. The first kappa shape index (κ1) is 6.17. The molecule has 0 atom stereocenters. The van der Waals surface area contributed by atoms with Crippen LogP contribution in [0, 0.1) is 0 Å². The van der Waals surface area contributed by atoms with Crippen LogP contribution in [0.1, 0.15) is 0 Å². The van der Waals surface area contributed by atoms with Gasteiger partial charge in [-0.2, -0.15) is 0 Å². The van der Waals surface area contributed by atoms with E-state index in [9.17, 15) is 0 Å². The predicted molar refractivity (Wildman–Crippen MR) is 24.1 cm³/mol. The molecule has 33 valence electrons. The Morgan fingerprint density at radius 1 is 1.67 bits per heavy atom. The standard InChI is InChI=1S/C5H7.Mo/c1-3-5-4-2;/h3-5H,1-2H2;. The van der Waals surface area contributed by atoms with Gasteiger partial charge in [0.05, 0.1) is 0 Å². The zero-order valence-electron chi connectivity index (χ0n) is 3.55. The Bertz CT molecular complexity index is 55.0. The molecule has 0 unspecified atom stereocenters. The van der Waals surface area contributed by atoms with E-state index in [0.29, 0.717) is 0 Å². The minimum atomic E-state index is 1.11. The first-order valence-corrected chi connectivity index (χ1v) is 3.19. The van der Waals surface area contributed by atoms with Crippen LogP contribution in [0.3, 0.4) is 0 Å². The fourth-order valence-electron chi connectivity index (χ4n) is 0.152. The second-order valence-corrected chi connectivity index (χ2v) is 1.65. The molecule has 6 heavy (non-hydrogen) atoms. The van der Waals surface area contributed by atoms with Gasteiger partial charge in [0.2, 0.25) is 0 Å². The van der Waals surface area contributed by atoms with E-state index in [1.165, 1.54) is 0 Å². The first-order chi connectivity index (χ1) is 2.91. The van der Waals surface area contributed by atoms with Crippen LogP contribution in [0.5, 0.6) is 0 Å². The Morgan fingerprint density at radius 2 is 2.33 bits per heavy atom. The van der Waals surface area contributed by atoms with Crippen LogP contribution in [0.15, 0.2) is 24.8 Å². The van der Waals surface area contributed by atoms with Crippen molar-refractivity contribution in [2.45, 2.75) is 4.81 Å². The SMILES string of the molecule is C=CC=C[CH2][Mo]. The van der Waals surface area contributed by atoms with Crippen LogP contribution in [0.25, 0.3) is 0 Å². The van der Waals surface area contributed by atoms with Gasteiger partial charge < -0.3 is 0 Å².